The number of ether oxygens (including phenoxy) is 3. The van der Waals surface area contributed by atoms with E-state index in [1.54, 1.807) is 13.1 Å². The quantitative estimate of drug-likeness (QED) is 0.477. The van der Waals surface area contributed by atoms with Crippen molar-refractivity contribution in [1.29, 1.82) is 0 Å². The first-order chi connectivity index (χ1) is 19.1. The zero-order valence-corrected chi connectivity index (χ0v) is 22.6. The van der Waals surface area contributed by atoms with Crippen molar-refractivity contribution in [3.05, 3.63) is 65.9 Å². The summed E-state index contributed by atoms with van der Waals surface area (Å²) in [5.74, 6) is -0.895. The molecule has 2 atom stereocenters. The van der Waals surface area contributed by atoms with E-state index in [-0.39, 0.29) is 48.1 Å². The highest BCUT2D eigenvalue weighted by Gasteiger charge is 2.38. The number of imidazole rings is 1. The maximum atomic E-state index is 14.5. The summed E-state index contributed by atoms with van der Waals surface area (Å²) in [7, 11) is -0.853. The number of halogens is 1. The maximum absolute atomic E-state index is 14.5. The molecule has 14 heteroatoms. The zero-order valence-electron chi connectivity index (χ0n) is 21.8. The van der Waals surface area contributed by atoms with Crippen LogP contribution in [0, 0.1) is 5.82 Å². The molecule has 3 heterocycles. The Kier molecular flexibility index (Phi) is 7.63. The molecule has 1 fully saturated rings. The van der Waals surface area contributed by atoms with Gasteiger partial charge in [0.1, 0.15) is 17.7 Å². The Hall–Kier alpha value is -4.17. The molecule has 0 spiro atoms. The SMILES string of the molecule is COc1ccc2cc1OCC(=O)N[C@@H]1CN(S(=O)(=O)c3cn(C)cn3)CC[C@@H]1Oc1cc(F)cc(c1)CNC2=O. The van der Waals surface area contributed by atoms with E-state index in [0.717, 1.165) is 0 Å². The summed E-state index contributed by atoms with van der Waals surface area (Å²) in [6.45, 7) is -0.432. The minimum atomic E-state index is -3.94. The Balaban J connectivity index is 1.46. The van der Waals surface area contributed by atoms with Crippen LogP contribution in [0.5, 0.6) is 17.2 Å². The molecule has 1 saturated heterocycles. The van der Waals surface area contributed by atoms with Crippen LogP contribution in [0.15, 0.2) is 53.9 Å². The Bertz CT molecular complexity index is 1540. The van der Waals surface area contributed by atoms with E-state index >= 15 is 0 Å². The number of hydrogen-bond acceptors (Lipinski definition) is 8. The number of nitrogens with one attached hydrogen (secondary N) is 2. The Labute approximate surface area is 230 Å². The standard InChI is InChI=1S/C26H28FN5O7S/c1-31-13-25(29-15-31)40(35,36)32-6-5-21-20(12-32)30-24(33)14-38-23-9-17(3-4-22(23)37-2)26(34)28-11-16-7-18(27)10-19(8-16)39-21/h3-4,7-10,13,15,20-21H,5-6,11-12,14H2,1-2H3,(H,28,34)(H,30,33)/t20-,21+/m1/s1. The topological polar surface area (TPSA) is 141 Å². The molecule has 0 saturated carbocycles. The van der Waals surface area contributed by atoms with Crippen molar-refractivity contribution in [2.45, 2.75) is 30.1 Å². The molecule has 2 aliphatic heterocycles. The third kappa shape index (κ3) is 5.87. The molecule has 2 aromatic carbocycles. The summed E-state index contributed by atoms with van der Waals surface area (Å²) in [6.07, 6.45) is 2.31. The summed E-state index contributed by atoms with van der Waals surface area (Å²) in [5.41, 5.74) is 0.704. The molecule has 0 unspecified atom stereocenters. The van der Waals surface area contributed by atoms with Crippen LogP contribution < -0.4 is 24.8 Å². The Morgan fingerprint density at radius 2 is 2.00 bits per heavy atom. The van der Waals surface area contributed by atoms with Gasteiger partial charge < -0.3 is 29.4 Å². The molecule has 12 nitrogen and oxygen atoms in total. The van der Waals surface area contributed by atoms with Gasteiger partial charge in [0.05, 0.1) is 19.5 Å². The van der Waals surface area contributed by atoms with Crippen molar-refractivity contribution >= 4 is 21.8 Å². The molecule has 3 aromatic rings. The average molecular weight is 574 g/mol. The van der Waals surface area contributed by atoms with Crippen LogP contribution in [-0.4, -0.2) is 73.0 Å². The van der Waals surface area contributed by atoms with Gasteiger partial charge in [-0.1, -0.05) is 0 Å². The number of fused-ring (bicyclic) bond motifs is 5. The van der Waals surface area contributed by atoms with Crippen LogP contribution >= 0.6 is 0 Å². The minimum absolute atomic E-state index is 0.0239. The number of amides is 2. The van der Waals surface area contributed by atoms with Gasteiger partial charge in [0.2, 0.25) is 0 Å². The molecule has 40 heavy (non-hydrogen) atoms. The number of rotatable bonds is 3. The van der Waals surface area contributed by atoms with Gasteiger partial charge in [-0.15, -0.1) is 0 Å². The van der Waals surface area contributed by atoms with E-state index in [4.69, 9.17) is 14.2 Å². The number of aryl methyl sites for hydroxylation is 1. The molecule has 2 aliphatic rings. The molecular formula is C26H28FN5O7S. The highest BCUT2D eigenvalue weighted by atomic mass is 32.2. The maximum Gasteiger partial charge on any atom is 0.262 e. The van der Waals surface area contributed by atoms with Gasteiger partial charge in [-0.3, -0.25) is 9.59 Å². The van der Waals surface area contributed by atoms with E-state index in [1.165, 1.54) is 58.8 Å². The van der Waals surface area contributed by atoms with Crippen LogP contribution in [0.3, 0.4) is 0 Å². The number of sulfonamides is 1. The van der Waals surface area contributed by atoms with Crippen LogP contribution in [0.4, 0.5) is 4.39 Å². The zero-order chi connectivity index (χ0) is 28.4. The van der Waals surface area contributed by atoms with Crippen molar-refractivity contribution in [2.24, 2.45) is 7.05 Å². The first-order valence-electron chi connectivity index (χ1n) is 12.4. The van der Waals surface area contributed by atoms with Gasteiger partial charge in [-0.2, -0.15) is 4.31 Å². The monoisotopic (exact) mass is 573 g/mol. The number of methoxy groups -OCH3 is 1. The lowest BCUT2D eigenvalue weighted by atomic mass is 10.0. The van der Waals surface area contributed by atoms with Crippen molar-refractivity contribution in [3.63, 3.8) is 0 Å². The number of nitrogens with zero attached hydrogens (tertiary/aromatic N) is 3. The van der Waals surface area contributed by atoms with Crippen molar-refractivity contribution < 1.29 is 36.6 Å². The number of carbonyl (C=O) groups excluding carboxylic acids is 2. The lowest BCUT2D eigenvalue weighted by Gasteiger charge is -2.37. The van der Waals surface area contributed by atoms with E-state index < -0.39 is 46.4 Å². The lowest BCUT2D eigenvalue weighted by Crippen LogP contribution is -2.58. The number of aromatic nitrogens is 2. The fourth-order valence-corrected chi connectivity index (χ4v) is 6.07. The molecule has 2 amide bonds. The molecule has 2 N–H and O–H groups in total. The van der Waals surface area contributed by atoms with Gasteiger partial charge >= 0.3 is 0 Å². The highest BCUT2D eigenvalue weighted by molar-refractivity contribution is 7.89. The molecule has 4 bridgehead atoms. The molecule has 1 aromatic heterocycles. The molecule has 0 radical (unpaired) electrons. The Morgan fingerprint density at radius 1 is 1.18 bits per heavy atom. The van der Waals surface area contributed by atoms with E-state index in [9.17, 15) is 22.4 Å². The number of piperidine rings is 1. The summed E-state index contributed by atoms with van der Waals surface area (Å²) < 4.78 is 60.8. The first-order valence-corrected chi connectivity index (χ1v) is 13.9. The van der Waals surface area contributed by atoms with Crippen LogP contribution in [0.25, 0.3) is 0 Å². The van der Waals surface area contributed by atoms with Gasteiger partial charge in [-0.05, 0) is 35.9 Å². The number of carbonyl (C=O) groups is 2. The van der Waals surface area contributed by atoms with Gasteiger partial charge in [0.15, 0.2) is 23.1 Å². The van der Waals surface area contributed by atoms with E-state index in [0.29, 0.717) is 11.3 Å². The van der Waals surface area contributed by atoms with Gasteiger partial charge in [0.25, 0.3) is 21.8 Å². The minimum Gasteiger partial charge on any atom is -0.493 e. The van der Waals surface area contributed by atoms with Crippen LogP contribution in [0.1, 0.15) is 22.3 Å². The van der Waals surface area contributed by atoms with Gasteiger partial charge in [0, 0.05) is 50.9 Å². The normalized spacial score (nSPS) is 20.4. The van der Waals surface area contributed by atoms with Crippen LogP contribution in [0.2, 0.25) is 0 Å². The molecule has 5 rings (SSSR count). The van der Waals surface area contributed by atoms with Gasteiger partial charge in [-0.25, -0.2) is 17.8 Å². The predicted molar refractivity (Wildman–Crippen MR) is 139 cm³/mol. The fraction of sp³-hybridized carbons (Fsp3) is 0.346. The molecular weight excluding hydrogens is 545 g/mol. The summed E-state index contributed by atoms with van der Waals surface area (Å²) in [6, 6.07) is 7.79. The summed E-state index contributed by atoms with van der Waals surface area (Å²) in [4.78, 5) is 29.7. The third-order valence-electron chi connectivity index (χ3n) is 6.60. The second kappa shape index (κ2) is 11.1. The largest absolute Gasteiger partial charge is 0.493 e. The number of benzene rings is 2. The Morgan fingerprint density at radius 3 is 2.75 bits per heavy atom. The van der Waals surface area contributed by atoms with Crippen LogP contribution in [-0.2, 0) is 28.4 Å². The second-order valence-corrected chi connectivity index (χ2v) is 11.4. The number of hydrogen-bond donors (Lipinski definition) is 2. The van der Waals surface area contributed by atoms with Crippen molar-refractivity contribution in [3.8, 4) is 17.2 Å². The lowest BCUT2D eigenvalue weighted by molar-refractivity contribution is -0.125. The highest BCUT2D eigenvalue weighted by Crippen LogP contribution is 2.29. The first kappa shape index (κ1) is 27.4. The molecule has 0 aliphatic carbocycles. The van der Waals surface area contributed by atoms with E-state index in [1.807, 2.05) is 0 Å². The van der Waals surface area contributed by atoms with E-state index in [2.05, 4.69) is 15.6 Å². The summed E-state index contributed by atoms with van der Waals surface area (Å²) >= 11 is 0. The third-order valence-corrected chi connectivity index (χ3v) is 8.35. The molecule has 212 valence electrons. The predicted octanol–water partition coefficient (Wildman–Crippen LogP) is 1.22. The van der Waals surface area contributed by atoms with Crippen molar-refractivity contribution in [1.82, 2.24) is 24.5 Å². The summed E-state index contributed by atoms with van der Waals surface area (Å²) in [5, 5.41) is 5.43. The van der Waals surface area contributed by atoms with Crippen molar-refractivity contribution in [2.75, 3.05) is 26.8 Å². The second-order valence-electron chi connectivity index (χ2n) is 9.49. The smallest absolute Gasteiger partial charge is 0.262 e. The fourth-order valence-electron chi connectivity index (χ4n) is 4.63. The average Bonchev–Trinajstić information content (AvgIpc) is 3.37.